The molecule has 0 bridgehead atoms. The van der Waals surface area contributed by atoms with Gasteiger partial charge in [-0.05, 0) is 6.92 Å². The molecule has 0 amide bonds. The second-order valence-electron chi connectivity index (χ2n) is 2.81. The zero-order chi connectivity index (χ0) is 12.8. The number of carbonyl (C=O) groups excluding carboxylic acids is 2. The predicted octanol–water partition coefficient (Wildman–Crippen LogP) is -0.173. The van der Waals surface area contributed by atoms with Crippen molar-refractivity contribution < 1.29 is 33.4 Å². The van der Waals surface area contributed by atoms with Gasteiger partial charge >= 0.3 is 19.5 Å². The van der Waals surface area contributed by atoms with Gasteiger partial charge in [-0.15, -0.1) is 0 Å². The molecule has 0 radical (unpaired) electrons. The fraction of sp³-hybridized carbons (Fsp3) is 0.500. The molecule has 92 valence electrons. The molecule has 0 saturated carbocycles. The highest BCUT2D eigenvalue weighted by molar-refractivity contribution is 7.52. The summed E-state index contributed by atoms with van der Waals surface area (Å²) in [6, 6.07) is 0. The van der Waals surface area contributed by atoms with E-state index in [-0.39, 0.29) is 12.2 Å². The van der Waals surface area contributed by atoms with Crippen molar-refractivity contribution in [1.82, 2.24) is 0 Å². The third kappa shape index (κ3) is 7.17. The lowest BCUT2D eigenvalue weighted by atomic mass is 10.3. The average Bonchev–Trinajstić information content (AvgIpc) is 2.11. The summed E-state index contributed by atoms with van der Waals surface area (Å²) in [5.41, 5.74) is -0.0964. The molecule has 7 nitrogen and oxygen atoms in total. The van der Waals surface area contributed by atoms with Gasteiger partial charge in [0, 0.05) is 0 Å². The van der Waals surface area contributed by atoms with E-state index in [1.165, 1.54) is 0 Å². The number of hydrogen-bond donors (Lipinski definition) is 2. The molecule has 8 heteroatoms. The lowest BCUT2D eigenvalue weighted by Gasteiger charge is -2.07. The Kier molecular flexibility index (Phi) is 5.95. The summed E-state index contributed by atoms with van der Waals surface area (Å²) >= 11 is 0. The van der Waals surface area contributed by atoms with E-state index in [2.05, 4.69) is 16.1 Å². The molecule has 0 aromatic rings. The SMILES string of the molecule is C=C(COC(=O)CP(=O)(O)O)C(=O)OCC. The summed E-state index contributed by atoms with van der Waals surface area (Å²) in [4.78, 5) is 38.7. The van der Waals surface area contributed by atoms with Crippen LogP contribution in [0.3, 0.4) is 0 Å². The van der Waals surface area contributed by atoms with Crippen LogP contribution in [-0.4, -0.2) is 41.1 Å². The van der Waals surface area contributed by atoms with Gasteiger partial charge in [-0.1, -0.05) is 6.58 Å². The molecule has 0 aromatic heterocycles. The molecule has 0 aromatic carbocycles. The van der Waals surface area contributed by atoms with Gasteiger partial charge in [0.15, 0.2) is 0 Å². The van der Waals surface area contributed by atoms with E-state index >= 15 is 0 Å². The first kappa shape index (κ1) is 14.8. The van der Waals surface area contributed by atoms with Gasteiger partial charge < -0.3 is 19.3 Å². The average molecular weight is 252 g/mol. The van der Waals surface area contributed by atoms with Gasteiger partial charge in [0.05, 0.1) is 12.2 Å². The van der Waals surface area contributed by atoms with Gasteiger partial charge in [0.2, 0.25) is 0 Å². The summed E-state index contributed by atoms with van der Waals surface area (Å²) < 4.78 is 19.4. The van der Waals surface area contributed by atoms with Crippen LogP contribution >= 0.6 is 7.60 Å². The minimum absolute atomic E-state index is 0.0964. The van der Waals surface area contributed by atoms with Gasteiger partial charge in [0.1, 0.15) is 12.8 Å². The quantitative estimate of drug-likeness (QED) is 0.383. The van der Waals surface area contributed by atoms with E-state index in [1.807, 2.05) is 0 Å². The van der Waals surface area contributed by atoms with E-state index < -0.39 is 32.3 Å². The van der Waals surface area contributed by atoms with Gasteiger partial charge in [-0.2, -0.15) is 0 Å². The van der Waals surface area contributed by atoms with E-state index in [0.717, 1.165) is 0 Å². The Hall–Kier alpha value is -1.17. The molecule has 0 aliphatic carbocycles. The molecule has 0 aliphatic heterocycles. The third-order valence-corrected chi connectivity index (χ3v) is 1.98. The molecule has 0 atom stereocenters. The minimum atomic E-state index is -4.44. The van der Waals surface area contributed by atoms with Crippen LogP contribution in [-0.2, 0) is 23.6 Å². The predicted molar refractivity (Wildman–Crippen MR) is 53.6 cm³/mol. The van der Waals surface area contributed by atoms with Crippen molar-refractivity contribution in [3.8, 4) is 0 Å². The lowest BCUT2D eigenvalue weighted by Crippen LogP contribution is -2.16. The van der Waals surface area contributed by atoms with Crippen LogP contribution in [0.15, 0.2) is 12.2 Å². The van der Waals surface area contributed by atoms with Crippen LogP contribution < -0.4 is 0 Å². The largest absolute Gasteiger partial charge is 0.463 e. The molecule has 0 rings (SSSR count). The number of rotatable bonds is 6. The highest BCUT2D eigenvalue weighted by Crippen LogP contribution is 2.33. The Bertz CT molecular complexity index is 329. The maximum Gasteiger partial charge on any atom is 0.336 e. The first-order chi connectivity index (χ1) is 7.26. The van der Waals surface area contributed by atoms with Crippen molar-refractivity contribution in [2.45, 2.75) is 6.92 Å². The molecule has 2 N–H and O–H groups in total. The molecule has 0 fully saturated rings. The molecule has 0 heterocycles. The smallest absolute Gasteiger partial charge is 0.336 e. The van der Waals surface area contributed by atoms with Crippen molar-refractivity contribution in [2.24, 2.45) is 0 Å². The summed E-state index contributed by atoms with van der Waals surface area (Å²) in [7, 11) is -4.44. The zero-order valence-corrected chi connectivity index (χ0v) is 9.61. The lowest BCUT2D eigenvalue weighted by molar-refractivity contribution is -0.142. The van der Waals surface area contributed by atoms with Crippen LogP contribution in [0.25, 0.3) is 0 Å². The molecule has 0 saturated heterocycles. The fourth-order valence-corrected chi connectivity index (χ4v) is 1.10. The summed E-state index contributed by atoms with van der Waals surface area (Å²) in [5, 5.41) is 0. The fourth-order valence-electron chi connectivity index (χ4n) is 0.674. The molecule has 0 aliphatic rings. The van der Waals surface area contributed by atoms with Crippen molar-refractivity contribution in [3.63, 3.8) is 0 Å². The second kappa shape index (κ2) is 6.42. The maximum atomic E-state index is 11.0. The molecule has 16 heavy (non-hydrogen) atoms. The van der Waals surface area contributed by atoms with Crippen LogP contribution in [0, 0.1) is 0 Å². The van der Waals surface area contributed by atoms with Crippen LogP contribution in [0.5, 0.6) is 0 Å². The summed E-state index contributed by atoms with van der Waals surface area (Å²) in [6.45, 7) is 4.61. The van der Waals surface area contributed by atoms with Crippen LogP contribution in [0.1, 0.15) is 6.92 Å². The van der Waals surface area contributed by atoms with Crippen molar-refractivity contribution >= 4 is 19.5 Å². The number of esters is 2. The minimum Gasteiger partial charge on any atom is -0.463 e. The van der Waals surface area contributed by atoms with E-state index in [9.17, 15) is 14.2 Å². The molecular formula is C8H13O7P. The Morgan fingerprint density at radius 2 is 1.88 bits per heavy atom. The zero-order valence-electron chi connectivity index (χ0n) is 8.71. The van der Waals surface area contributed by atoms with E-state index in [0.29, 0.717) is 0 Å². The topological polar surface area (TPSA) is 110 Å². The third-order valence-electron chi connectivity index (χ3n) is 1.31. The van der Waals surface area contributed by atoms with Crippen LogP contribution in [0.2, 0.25) is 0 Å². The Balaban J connectivity index is 3.98. The van der Waals surface area contributed by atoms with E-state index in [4.69, 9.17) is 9.79 Å². The number of hydrogen-bond acceptors (Lipinski definition) is 5. The maximum absolute atomic E-state index is 11.0. The summed E-state index contributed by atoms with van der Waals surface area (Å²) in [5.74, 6) is -1.81. The highest BCUT2D eigenvalue weighted by Gasteiger charge is 2.21. The summed E-state index contributed by atoms with van der Waals surface area (Å²) in [6.07, 6.45) is -1.02. The Morgan fingerprint density at radius 3 is 2.31 bits per heavy atom. The van der Waals surface area contributed by atoms with Gasteiger partial charge in [-0.3, -0.25) is 9.36 Å². The van der Waals surface area contributed by atoms with Crippen molar-refractivity contribution in [1.29, 1.82) is 0 Å². The van der Waals surface area contributed by atoms with Gasteiger partial charge in [-0.25, -0.2) is 4.79 Å². The first-order valence-electron chi connectivity index (χ1n) is 4.31. The first-order valence-corrected chi connectivity index (χ1v) is 6.11. The Morgan fingerprint density at radius 1 is 1.31 bits per heavy atom. The normalized spacial score (nSPS) is 10.7. The second-order valence-corrected chi connectivity index (χ2v) is 4.45. The Labute approximate surface area is 92.2 Å². The van der Waals surface area contributed by atoms with E-state index in [1.54, 1.807) is 6.92 Å². The monoisotopic (exact) mass is 252 g/mol. The van der Waals surface area contributed by atoms with Gasteiger partial charge in [0.25, 0.3) is 0 Å². The standard InChI is InChI=1S/C8H13O7P/c1-3-14-8(10)6(2)4-15-7(9)5-16(11,12)13/h2-5H2,1H3,(H2,11,12,13). The van der Waals surface area contributed by atoms with Crippen molar-refractivity contribution in [3.05, 3.63) is 12.2 Å². The van der Waals surface area contributed by atoms with Crippen molar-refractivity contribution in [2.75, 3.05) is 19.4 Å². The number of ether oxygens (including phenoxy) is 2. The van der Waals surface area contributed by atoms with Crippen LogP contribution in [0.4, 0.5) is 0 Å². The molecular weight excluding hydrogens is 239 g/mol. The molecule has 0 spiro atoms. The number of carbonyl (C=O) groups is 2. The highest BCUT2D eigenvalue weighted by atomic mass is 31.2. The molecule has 0 unspecified atom stereocenters.